The van der Waals surface area contributed by atoms with Crippen LogP contribution in [0, 0.1) is 5.82 Å². The second-order valence-corrected chi connectivity index (χ2v) is 5.10. The van der Waals surface area contributed by atoms with Crippen LogP contribution in [-0.2, 0) is 0 Å². The highest BCUT2D eigenvalue weighted by Crippen LogP contribution is 2.25. The van der Waals surface area contributed by atoms with Gasteiger partial charge in [0.1, 0.15) is 11.6 Å². The lowest BCUT2D eigenvalue weighted by Gasteiger charge is -2.13. The zero-order valence-electron chi connectivity index (χ0n) is 11.2. The fourth-order valence-corrected chi connectivity index (χ4v) is 2.05. The van der Waals surface area contributed by atoms with Crippen molar-refractivity contribution >= 4 is 40.3 Å². The standard InChI is InChI=1S/C14H9ClF4N2OS/c15-11-7-9(4-5-12(11)16)21-13(23)20-8-2-1-3-10(6-8)22-14(17,18)19/h1-7H,(H2,20,21,23). The van der Waals surface area contributed by atoms with Crippen molar-refractivity contribution in [2.24, 2.45) is 0 Å². The van der Waals surface area contributed by atoms with E-state index in [0.29, 0.717) is 5.69 Å². The number of benzene rings is 2. The molecule has 122 valence electrons. The van der Waals surface area contributed by atoms with Crippen molar-refractivity contribution in [1.82, 2.24) is 0 Å². The number of alkyl halides is 3. The summed E-state index contributed by atoms with van der Waals surface area (Å²) in [6, 6.07) is 9.08. The van der Waals surface area contributed by atoms with Crippen molar-refractivity contribution in [3.8, 4) is 5.75 Å². The van der Waals surface area contributed by atoms with Gasteiger partial charge in [0, 0.05) is 17.4 Å². The first-order chi connectivity index (χ1) is 10.7. The number of anilines is 2. The lowest BCUT2D eigenvalue weighted by atomic mass is 10.3. The van der Waals surface area contributed by atoms with Crippen LogP contribution in [0.15, 0.2) is 42.5 Å². The maximum absolute atomic E-state index is 13.0. The van der Waals surface area contributed by atoms with Crippen molar-refractivity contribution in [1.29, 1.82) is 0 Å². The monoisotopic (exact) mass is 364 g/mol. The second kappa shape index (κ2) is 7.01. The lowest BCUT2D eigenvalue weighted by molar-refractivity contribution is -0.274. The Labute approximate surface area is 139 Å². The first kappa shape index (κ1) is 17.3. The molecule has 9 heteroatoms. The quantitative estimate of drug-likeness (QED) is 0.580. The van der Waals surface area contributed by atoms with Crippen LogP contribution >= 0.6 is 23.8 Å². The molecule has 0 heterocycles. The van der Waals surface area contributed by atoms with Crippen LogP contribution in [0.2, 0.25) is 5.02 Å². The van der Waals surface area contributed by atoms with Crippen molar-refractivity contribution in [3.63, 3.8) is 0 Å². The molecule has 0 saturated carbocycles. The zero-order valence-corrected chi connectivity index (χ0v) is 12.8. The smallest absolute Gasteiger partial charge is 0.406 e. The predicted octanol–water partition coefficient (Wildman–Crippen LogP) is 5.19. The van der Waals surface area contributed by atoms with Gasteiger partial charge in [-0.25, -0.2) is 4.39 Å². The Balaban J connectivity index is 2.02. The summed E-state index contributed by atoms with van der Waals surface area (Å²) >= 11 is 10.7. The summed E-state index contributed by atoms with van der Waals surface area (Å²) in [4.78, 5) is 0. The van der Waals surface area contributed by atoms with E-state index in [-0.39, 0.29) is 21.6 Å². The highest BCUT2D eigenvalue weighted by molar-refractivity contribution is 7.80. The maximum Gasteiger partial charge on any atom is 0.573 e. The molecule has 2 aromatic carbocycles. The number of hydrogen-bond donors (Lipinski definition) is 2. The molecule has 0 aliphatic rings. The topological polar surface area (TPSA) is 33.3 Å². The SMILES string of the molecule is Fc1ccc(NC(=S)Nc2cccc(OC(F)(F)F)c2)cc1Cl. The van der Waals surface area contributed by atoms with Crippen LogP contribution in [0.5, 0.6) is 5.75 Å². The fraction of sp³-hybridized carbons (Fsp3) is 0.0714. The third-order valence-corrected chi connectivity index (χ3v) is 3.00. The van der Waals surface area contributed by atoms with Gasteiger partial charge in [-0.15, -0.1) is 13.2 Å². The Morgan fingerprint density at radius 2 is 1.70 bits per heavy atom. The number of rotatable bonds is 3. The Morgan fingerprint density at radius 1 is 1.04 bits per heavy atom. The van der Waals surface area contributed by atoms with Crippen molar-refractivity contribution in [3.05, 3.63) is 53.3 Å². The molecule has 2 N–H and O–H groups in total. The molecule has 2 rings (SSSR count). The fourth-order valence-electron chi connectivity index (χ4n) is 1.64. The van der Waals surface area contributed by atoms with E-state index in [4.69, 9.17) is 23.8 Å². The number of halogens is 5. The summed E-state index contributed by atoms with van der Waals surface area (Å²) in [6.07, 6.45) is -4.78. The molecule has 3 nitrogen and oxygen atoms in total. The Hall–Kier alpha value is -2.06. The van der Waals surface area contributed by atoms with Crippen molar-refractivity contribution < 1.29 is 22.3 Å². The molecule has 0 fully saturated rings. The molecular weight excluding hydrogens is 356 g/mol. The summed E-state index contributed by atoms with van der Waals surface area (Å²) in [5.41, 5.74) is 0.717. The summed E-state index contributed by atoms with van der Waals surface area (Å²) in [6.45, 7) is 0. The van der Waals surface area contributed by atoms with Crippen molar-refractivity contribution in [2.75, 3.05) is 10.6 Å². The molecule has 2 aromatic rings. The summed E-state index contributed by atoms with van der Waals surface area (Å²) < 4.78 is 53.4. The van der Waals surface area contributed by atoms with E-state index in [2.05, 4.69) is 15.4 Å². The van der Waals surface area contributed by atoms with E-state index in [1.807, 2.05) is 0 Å². The molecule has 0 amide bonds. The summed E-state index contributed by atoms with van der Waals surface area (Å²) in [5.74, 6) is -0.955. The maximum atomic E-state index is 13.0. The number of hydrogen-bond acceptors (Lipinski definition) is 2. The van der Waals surface area contributed by atoms with Gasteiger partial charge in [0.25, 0.3) is 0 Å². The molecule has 0 radical (unpaired) electrons. The van der Waals surface area contributed by atoms with Crippen LogP contribution in [0.3, 0.4) is 0 Å². The molecule has 0 atom stereocenters. The van der Waals surface area contributed by atoms with E-state index >= 15 is 0 Å². The first-order valence-corrected chi connectivity index (χ1v) is 6.90. The molecule has 23 heavy (non-hydrogen) atoms. The van der Waals surface area contributed by atoms with E-state index in [1.165, 1.54) is 24.3 Å². The first-order valence-electron chi connectivity index (χ1n) is 6.12. The molecule has 0 aliphatic carbocycles. The van der Waals surface area contributed by atoms with Crippen molar-refractivity contribution in [2.45, 2.75) is 6.36 Å². The highest BCUT2D eigenvalue weighted by Gasteiger charge is 2.31. The van der Waals surface area contributed by atoms with Gasteiger partial charge in [0.05, 0.1) is 5.02 Å². The Morgan fingerprint density at radius 3 is 2.30 bits per heavy atom. The van der Waals surface area contributed by atoms with Crippen LogP contribution in [0.25, 0.3) is 0 Å². The number of ether oxygens (including phenoxy) is 1. The number of nitrogens with one attached hydrogen (secondary N) is 2. The minimum atomic E-state index is -4.78. The van der Waals surface area contributed by atoms with Gasteiger partial charge in [-0.2, -0.15) is 0 Å². The zero-order chi connectivity index (χ0) is 17.0. The minimum absolute atomic E-state index is 0.0848. The lowest BCUT2D eigenvalue weighted by Crippen LogP contribution is -2.20. The van der Waals surface area contributed by atoms with Gasteiger partial charge < -0.3 is 15.4 Å². The molecule has 0 spiro atoms. The molecule has 0 bridgehead atoms. The third kappa shape index (κ3) is 5.57. The van der Waals surface area contributed by atoms with Gasteiger partial charge in [0.2, 0.25) is 0 Å². The summed E-state index contributed by atoms with van der Waals surface area (Å²) in [7, 11) is 0. The second-order valence-electron chi connectivity index (χ2n) is 4.28. The summed E-state index contributed by atoms with van der Waals surface area (Å²) in [5, 5.41) is 5.43. The van der Waals surface area contributed by atoms with E-state index in [9.17, 15) is 17.6 Å². The van der Waals surface area contributed by atoms with E-state index in [0.717, 1.165) is 18.2 Å². The van der Waals surface area contributed by atoms with E-state index < -0.39 is 12.2 Å². The largest absolute Gasteiger partial charge is 0.573 e. The molecular formula is C14H9ClF4N2OS. The van der Waals surface area contributed by atoms with Crippen LogP contribution in [0.4, 0.5) is 28.9 Å². The third-order valence-electron chi connectivity index (χ3n) is 2.50. The molecule has 0 aromatic heterocycles. The van der Waals surface area contributed by atoms with Gasteiger partial charge in [0.15, 0.2) is 5.11 Å². The minimum Gasteiger partial charge on any atom is -0.406 e. The van der Waals surface area contributed by atoms with Gasteiger partial charge in [-0.3, -0.25) is 0 Å². The average molecular weight is 365 g/mol. The van der Waals surface area contributed by atoms with Crippen LogP contribution in [0.1, 0.15) is 0 Å². The molecule has 0 aliphatic heterocycles. The normalized spacial score (nSPS) is 11.0. The Kier molecular flexibility index (Phi) is 5.27. The Bertz CT molecular complexity index is 724. The number of thiocarbonyl (C=S) groups is 1. The predicted molar refractivity (Wildman–Crippen MR) is 84.4 cm³/mol. The van der Waals surface area contributed by atoms with Gasteiger partial charge in [-0.05, 0) is 42.5 Å². The molecule has 0 saturated heterocycles. The highest BCUT2D eigenvalue weighted by atomic mass is 35.5. The molecule has 0 unspecified atom stereocenters. The van der Waals surface area contributed by atoms with Crippen LogP contribution in [-0.4, -0.2) is 11.5 Å². The van der Waals surface area contributed by atoms with Crippen LogP contribution < -0.4 is 15.4 Å². The van der Waals surface area contributed by atoms with E-state index in [1.54, 1.807) is 0 Å². The van der Waals surface area contributed by atoms with Gasteiger partial charge in [-0.1, -0.05) is 17.7 Å². The van der Waals surface area contributed by atoms with Gasteiger partial charge >= 0.3 is 6.36 Å². The average Bonchev–Trinajstić information content (AvgIpc) is 2.41.